The minimum absolute atomic E-state index is 0.283. The molecule has 1 aromatic carbocycles. The molecule has 1 heterocycles. The maximum atomic E-state index is 11.4. The van der Waals surface area contributed by atoms with Crippen molar-refractivity contribution < 1.29 is 14.3 Å². The van der Waals surface area contributed by atoms with Crippen molar-refractivity contribution >= 4 is 12.4 Å². The summed E-state index contributed by atoms with van der Waals surface area (Å²) in [5.41, 5.74) is 0.966. The van der Waals surface area contributed by atoms with Crippen LogP contribution < -0.4 is 0 Å². The quantitative estimate of drug-likeness (QED) is 0.695. The molecule has 0 aromatic heterocycles. The summed E-state index contributed by atoms with van der Waals surface area (Å²) in [5.74, 6) is -0.340. The van der Waals surface area contributed by atoms with Crippen molar-refractivity contribution in [2.24, 2.45) is 4.99 Å². The van der Waals surface area contributed by atoms with E-state index in [2.05, 4.69) is 4.99 Å². The Hall–Kier alpha value is -1.84. The molecular weight excluding hydrogens is 194 g/mol. The van der Waals surface area contributed by atoms with Gasteiger partial charge in [0, 0.05) is 0 Å². The van der Waals surface area contributed by atoms with E-state index >= 15 is 0 Å². The number of benzene rings is 1. The minimum atomic E-state index is -0.492. The maximum absolute atomic E-state index is 11.4. The molecule has 2 rings (SSSR count). The van der Waals surface area contributed by atoms with Crippen LogP contribution in [0.15, 0.2) is 35.3 Å². The Morgan fingerprint density at radius 1 is 1.47 bits per heavy atom. The molecule has 0 fully saturated rings. The van der Waals surface area contributed by atoms with E-state index in [4.69, 9.17) is 9.47 Å². The van der Waals surface area contributed by atoms with E-state index in [1.54, 1.807) is 0 Å². The highest BCUT2D eigenvalue weighted by Crippen LogP contribution is 2.05. The van der Waals surface area contributed by atoms with Gasteiger partial charge in [0.15, 0.2) is 12.4 Å². The lowest BCUT2D eigenvalue weighted by Gasteiger charge is -2.06. The third-order valence-corrected chi connectivity index (χ3v) is 2.07. The molecule has 0 saturated heterocycles. The van der Waals surface area contributed by atoms with Crippen molar-refractivity contribution in [3.8, 4) is 0 Å². The second-order valence-electron chi connectivity index (χ2n) is 3.20. The Morgan fingerprint density at radius 3 is 2.93 bits per heavy atom. The highest BCUT2D eigenvalue weighted by molar-refractivity contribution is 5.78. The van der Waals surface area contributed by atoms with Crippen molar-refractivity contribution in [1.29, 1.82) is 0 Å². The smallest absolute Gasteiger partial charge is 0.334 e. The second kappa shape index (κ2) is 4.59. The Labute approximate surface area is 87.5 Å². The summed E-state index contributed by atoms with van der Waals surface area (Å²) in [6, 6.07) is 9.04. The fraction of sp³-hybridized carbons (Fsp3) is 0.273. The number of hydrogen-bond acceptors (Lipinski definition) is 4. The van der Waals surface area contributed by atoms with Crippen LogP contribution in [0, 0.1) is 0 Å². The normalized spacial score (nSPS) is 18.5. The first-order chi connectivity index (χ1) is 7.36. The number of nitrogens with zero attached hydrogens (tertiary/aromatic N) is 1. The molecule has 0 aliphatic carbocycles. The van der Waals surface area contributed by atoms with Crippen LogP contribution in [0.5, 0.6) is 0 Å². The van der Waals surface area contributed by atoms with Crippen molar-refractivity contribution in [3.63, 3.8) is 0 Å². The third kappa shape index (κ3) is 2.56. The molecular formula is C11H11NO3. The van der Waals surface area contributed by atoms with E-state index in [0.717, 1.165) is 5.56 Å². The molecule has 0 N–H and O–H groups in total. The van der Waals surface area contributed by atoms with Gasteiger partial charge in [-0.2, -0.15) is 0 Å². The Balaban J connectivity index is 1.83. The van der Waals surface area contributed by atoms with Crippen LogP contribution in [0.4, 0.5) is 0 Å². The number of esters is 1. The summed E-state index contributed by atoms with van der Waals surface area (Å²) in [6.07, 6.45) is 1.29. The minimum Gasteiger partial charge on any atom is -0.481 e. The summed E-state index contributed by atoms with van der Waals surface area (Å²) in [6.45, 7) is 0.569. The number of carbonyl (C=O) groups excluding carboxylic acids is 1. The first-order valence-electron chi connectivity index (χ1n) is 4.70. The number of carbonyl (C=O) groups is 1. The van der Waals surface area contributed by atoms with Gasteiger partial charge in [-0.3, -0.25) is 0 Å². The van der Waals surface area contributed by atoms with Crippen LogP contribution in [-0.4, -0.2) is 25.0 Å². The molecule has 1 unspecified atom stereocenters. The zero-order valence-corrected chi connectivity index (χ0v) is 8.13. The number of ether oxygens (including phenoxy) is 2. The van der Waals surface area contributed by atoms with Crippen LogP contribution in [0.2, 0.25) is 0 Å². The van der Waals surface area contributed by atoms with Crippen LogP contribution in [-0.2, 0) is 20.9 Å². The van der Waals surface area contributed by atoms with Gasteiger partial charge in [-0.1, -0.05) is 30.3 Å². The Kier molecular flexibility index (Phi) is 2.97. The van der Waals surface area contributed by atoms with Crippen LogP contribution in [0.25, 0.3) is 0 Å². The van der Waals surface area contributed by atoms with Gasteiger partial charge in [0.05, 0.1) is 0 Å². The monoisotopic (exact) mass is 205 g/mol. The topological polar surface area (TPSA) is 47.9 Å². The van der Waals surface area contributed by atoms with Gasteiger partial charge in [-0.05, 0) is 5.56 Å². The molecule has 0 spiro atoms. The summed E-state index contributed by atoms with van der Waals surface area (Å²) in [4.78, 5) is 15.2. The van der Waals surface area contributed by atoms with E-state index in [1.165, 1.54) is 6.40 Å². The van der Waals surface area contributed by atoms with E-state index in [9.17, 15) is 4.79 Å². The highest BCUT2D eigenvalue weighted by atomic mass is 16.5. The lowest BCUT2D eigenvalue weighted by Crippen LogP contribution is -2.22. The molecule has 0 saturated carbocycles. The fourth-order valence-corrected chi connectivity index (χ4v) is 1.25. The summed E-state index contributed by atoms with van der Waals surface area (Å²) >= 11 is 0. The van der Waals surface area contributed by atoms with Crippen LogP contribution in [0.1, 0.15) is 5.56 Å². The maximum Gasteiger partial charge on any atom is 0.334 e. The van der Waals surface area contributed by atoms with Gasteiger partial charge in [0.1, 0.15) is 13.2 Å². The first-order valence-corrected chi connectivity index (χ1v) is 4.70. The van der Waals surface area contributed by atoms with Crippen LogP contribution >= 0.6 is 0 Å². The van der Waals surface area contributed by atoms with E-state index in [1.807, 2.05) is 30.3 Å². The molecule has 15 heavy (non-hydrogen) atoms. The summed E-state index contributed by atoms with van der Waals surface area (Å²) in [5, 5.41) is 0. The van der Waals surface area contributed by atoms with E-state index in [-0.39, 0.29) is 19.2 Å². The van der Waals surface area contributed by atoms with Gasteiger partial charge in [0.25, 0.3) is 0 Å². The second-order valence-corrected chi connectivity index (χ2v) is 3.20. The van der Waals surface area contributed by atoms with E-state index in [0.29, 0.717) is 0 Å². The van der Waals surface area contributed by atoms with Crippen LogP contribution in [0.3, 0.4) is 0 Å². The van der Waals surface area contributed by atoms with Gasteiger partial charge >= 0.3 is 5.97 Å². The van der Waals surface area contributed by atoms with Gasteiger partial charge in [-0.15, -0.1) is 0 Å². The molecule has 4 heteroatoms. The zero-order chi connectivity index (χ0) is 10.5. The molecule has 0 radical (unpaired) electrons. The molecule has 1 aromatic rings. The third-order valence-electron chi connectivity index (χ3n) is 2.07. The van der Waals surface area contributed by atoms with Crippen molar-refractivity contribution in [2.45, 2.75) is 12.6 Å². The predicted octanol–water partition coefficient (Wildman–Crippen LogP) is 1.16. The van der Waals surface area contributed by atoms with Crippen molar-refractivity contribution in [3.05, 3.63) is 35.9 Å². The van der Waals surface area contributed by atoms with E-state index < -0.39 is 6.04 Å². The number of aliphatic imine (C=N–C) groups is 1. The molecule has 1 aliphatic heterocycles. The number of rotatable bonds is 3. The molecule has 1 aliphatic rings. The van der Waals surface area contributed by atoms with Crippen molar-refractivity contribution in [1.82, 2.24) is 0 Å². The molecule has 0 bridgehead atoms. The predicted molar refractivity (Wildman–Crippen MR) is 54.5 cm³/mol. The molecule has 1 atom stereocenters. The molecule has 78 valence electrons. The number of hydrogen-bond donors (Lipinski definition) is 0. The van der Waals surface area contributed by atoms with Gasteiger partial charge < -0.3 is 9.47 Å². The zero-order valence-electron chi connectivity index (χ0n) is 8.13. The van der Waals surface area contributed by atoms with Gasteiger partial charge in [-0.25, -0.2) is 9.79 Å². The Bertz CT molecular complexity index is 361. The largest absolute Gasteiger partial charge is 0.481 e. The average Bonchev–Trinajstić information content (AvgIpc) is 2.81. The van der Waals surface area contributed by atoms with Gasteiger partial charge in [0.2, 0.25) is 0 Å². The Morgan fingerprint density at radius 2 is 2.27 bits per heavy atom. The summed E-state index contributed by atoms with van der Waals surface area (Å²) < 4.78 is 9.92. The molecule has 0 amide bonds. The SMILES string of the molecule is O=C(OCc1ccccc1)C1COC=N1. The first kappa shape index (κ1) is 9.71. The average molecular weight is 205 g/mol. The highest BCUT2D eigenvalue weighted by Gasteiger charge is 2.22. The standard InChI is InChI=1S/C11H11NO3/c13-11(10-7-14-8-12-10)15-6-9-4-2-1-3-5-9/h1-5,8,10H,6-7H2. The lowest BCUT2D eigenvalue weighted by atomic mass is 10.2. The van der Waals surface area contributed by atoms with Crippen molar-refractivity contribution in [2.75, 3.05) is 6.61 Å². The molecule has 4 nitrogen and oxygen atoms in total. The lowest BCUT2D eigenvalue weighted by molar-refractivity contribution is -0.146. The fourth-order valence-electron chi connectivity index (χ4n) is 1.25. The summed E-state index contributed by atoms with van der Waals surface area (Å²) in [7, 11) is 0.